The molecule has 4 N–H and O–H groups in total. The van der Waals surface area contributed by atoms with E-state index in [9.17, 15) is 15.0 Å². The number of anilines is 1. The lowest BCUT2D eigenvalue weighted by Crippen LogP contribution is -2.54. The first-order valence-electron chi connectivity index (χ1n) is 5.67. The van der Waals surface area contributed by atoms with Gasteiger partial charge in [0.15, 0.2) is 0 Å². The summed E-state index contributed by atoms with van der Waals surface area (Å²) in [6.45, 7) is 2.37. The van der Waals surface area contributed by atoms with Gasteiger partial charge in [0.25, 0.3) is 5.91 Å². The number of piperidine rings is 1. The van der Waals surface area contributed by atoms with Crippen LogP contribution in [0.15, 0.2) is 12.4 Å². The Bertz CT molecular complexity index is 463. The number of hydrogen-bond donors (Lipinski definition) is 3. The Kier molecular flexibility index (Phi) is 3.18. The molecule has 0 aromatic carbocycles. The van der Waals surface area contributed by atoms with Crippen molar-refractivity contribution >= 4 is 11.7 Å². The number of hydrogen-bond acceptors (Lipinski definition) is 6. The van der Waals surface area contributed by atoms with E-state index in [4.69, 9.17) is 5.73 Å². The minimum absolute atomic E-state index is 0.0827. The summed E-state index contributed by atoms with van der Waals surface area (Å²) in [5, 5.41) is 19.7. The number of β-amino-alcohol motifs (C(OH)–C–C–N with tert-alkyl or cyclic N) is 1. The summed E-state index contributed by atoms with van der Waals surface area (Å²) in [6, 6.07) is 0. The van der Waals surface area contributed by atoms with Crippen molar-refractivity contribution in [1.82, 2.24) is 9.97 Å². The highest BCUT2D eigenvalue weighted by molar-refractivity contribution is 5.90. The van der Waals surface area contributed by atoms with E-state index >= 15 is 0 Å². The van der Waals surface area contributed by atoms with Crippen LogP contribution in [0.2, 0.25) is 0 Å². The monoisotopic (exact) mass is 252 g/mol. The second kappa shape index (κ2) is 4.51. The van der Waals surface area contributed by atoms with Gasteiger partial charge in [0.2, 0.25) is 0 Å². The summed E-state index contributed by atoms with van der Waals surface area (Å²) in [7, 11) is 0. The molecule has 0 aliphatic carbocycles. The average molecular weight is 252 g/mol. The quantitative estimate of drug-likeness (QED) is 0.615. The zero-order valence-electron chi connectivity index (χ0n) is 10.1. The average Bonchev–Trinajstić information content (AvgIpc) is 2.33. The van der Waals surface area contributed by atoms with Crippen LogP contribution in [0.5, 0.6) is 0 Å². The van der Waals surface area contributed by atoms with E-state index in [-0.39, 0.29) is 12.2 Å². The maximum absolute atomic E-state index is 11.0. The van der Waals surface area contributed by atoms with Crippen LogP contribution in [0.25, 0.3) is 0 Å². The highest BCUT2D eigenvalue weighted by Gasteiger charge is 2.36. The van der Waals surface area contributed by atoms with Gasteiger partial charge in [-0.05, 0) is 13.3 Å². The van der Waals surface area contributed by atoms with Gasteiger partial charge in [-0.3, -0.25) is 9.78 Å². The van der Waals surface area contributed by atoms with Crippen molar-refractivity contribution in [2.45, 2.75) is 25.0 Å². The number of amides is 1. The van der Waals surface area contributed by atoms with E-state index in [1.165, 1.54) is 12.4 Å². The molecule has 0 bridgehead atoms. The molecule has 18 heavy (non-hydrogen) atoms. The standard InChI is InChI=1S/C11H16N4O3/c1-11(18)2-3-15(6-8(11)16)9-5-13-4-7(14-9)10(12)17/h4-5,8,16,18H,2-3,6H2,1H3,(H2,12,17)/t8-,11+/m0/s1. The Balaban J connectivity index is 2.18. The van der Waals surface area contributed by atoms with Crippen LogP contribution in [0, 0.1) is 0 Å². The van der Waals surface area contributed by atoms with Crippen molar-refractivity contribution in [2.24, 2.45) is 5.73 Å². The van der Waals surface area contributed by atoms with Crippen molar-refractivity contribution in [3.63, 3.8) is 0 Å². The second-order valence-electron chi connectivity index (χ2n) is 4.70. The van der Waals surface area contributed by atoms with Crippen molar-refractivity contribution < 1.29 is 15.0 Å². The van der Waals surface area contributed by atoms with Gasteiger partial charge in [-0.1, -0.05) is 0 Å². The zero-order valence-corrected chi connectivity index (χ0v) is 10.1. The summed E-state index contributed by atoms with van der Waals surface area (Å²) >= 11 is 0. The van der Waals surface area contributed by atoms with Gasteiger partial charge in [-0.15, -0.1) is 0 Å². The molecule has 7 heteroatoms. The first-order valence-corrected chi connectivity index (χ1v) is 5.67. The van der Waals surface area contributed by atoms with Gasteiger partial charge in [0.05, 0.1) is 24.1 Å². The Labute approximate surface area is 104 Å². The Morgan fingerprint density at radius 2 is 2.33 bits per heavy atom. The van der Waals surface area contributed by atoms with Crippen LogP contribution < -0.4 is 10.6 Å². The number of nitrogens with zero attached hydrogens (tertiary/aromatic N) is 3. The molecule has 1 amide bonds. The summed E-state index contributed by atoms with van der Waals surface area (Å²) < 4.78 is 0. The van der Waals surface area contributed by atoms with Gasteiger partial charge in [0.1, 0.15) is 11.5 Å². The van der Waals surface area contributed by atoms with E-state index in [1.807, 2.05) is 0 Å². The fraction of sp³-hybridized carbons (Fsp3) is 0.545. The van der Waals surface area contributed by atoms with Crippen LogP contribution in [0.3, 0.4) is 0 Å². The number of primary amides is 1. The number of aliphatic hydroxyl groups is 2. The molecule has 2 atom stereocenters. The molecule has 0 saturated carbocycles. The first-order chi connectivity index (χ1) is 8.40. The van der Waals surface area contributed by atoms with Crippen molar-refractivity contribution in [1.29, 1.82) is 0 Å². The third-order valence-corrected chi connectivity index (χ3v) is 3.20. The lowest BCUT2D eigenvalue weighted by Gasteiger charge is -2.40. The number of carbonyl (C=O) groups excluding carboxylic acids is 1. The molecule has 0 radical (unpaired) electrons. The lowest BCUT2D eigenvalue weighted by molar-refractivity contribution is -0.0723. The first kappa shape index (κ1) is 12.7. The molecule has 1 aromatic heterocycles. The molecule has 1 saturated heterocycles. The number of aromatic nitrogens is 2. The Morgan fingerprint density at radius 3 is 2.94 bits per heavy atom. The molecule has 0 spiro atoms. The summed E-state index contributed by atoms with van der Waals surface area (Å²) in [5.74, 6) is -0.172. The van der Waals surface area contributed by atoms with Gasteiger partial charge in [-0.2, -0.15) is 0 Å². The fourth-order valence-corrected chi connectivity index (χ4v) is 1.86. The maximum atomic E-state index is 11.0. The van der Waals surface area contributed by atoms with Gasteiger partial charge in [0, 0.05) is 13.1 Å². The number of carbonyl (C=O) groups is 1. The molecule has 2 heterocycles. The van der Waals surface area contributed by atoms with Gasteiger partial charge < -0.3 is 20.8 Å². The minimum Gasteiger partial charge on any atom is -0.388 e. The van der Waals surface area contributed by atoms with Crippen molar-refractivity contribution in [2.75, 3.05) is 18.0 Å². The van der Waals surface area contributed by atoms with Crippen LogP contribution in [0.1, 0.15) is 23.8 Å². The predicted molar refractivity (Wildman–Crippen MR) is 64.0 cm³/mol. The van der Waals surface area contributed by atoms with E-state index in [0.29, 0.717) is 18.8 Å². The largest absolute Gasteiger partial charge is 0.388 e. The normalized spacial score (nSPS) is 28.2. The molecule has 1 aliphatic rings. The number of nitrogens with two attached hydrogens (primary N) is 1. The minimum atomic E-state index is -1.09. The van der Waals surface area contributed by atoms with E-state index in [0.717, 1.165) is 0 Å². The van der Waals surface area contributed by atoms with E-state index < -0.39 is 17.6 Å². The number of aliphatic hydroxyl groups excluding tert-OH is 1. The van der Waals surface area contributed by atoms with Crippen molar-refractivity contribution in [3.05, 3.63) is 18.1 Å². The van der Waals surface area contributed by atoms with Crippen molar-refractivity contribution in [3.8, 4) is 0 Å². The lowest BCUT2D eigenvalue weighted by atomic mass is 9.91. The predicted octanol–water partition coefficient (Wildman–Crippen LogP) is -1.10. The topological polar surface area (TPSA) is 113 Å². The zero-order chi connectivity index (χ0) is 13.3. The molecule has 98 valence electrons. The second-order valence-corrected chi connectivity index (χ2v) is 4.70. The van der Waals surface area contributed by atoms with E-state index in [2.05, 4.69) is 9.97 Å². The Morgan fingerprint density at radius 1 is 1.61 bits per heavy atom. The molecule has 1 aliphatic heterocycles. The SMILES string of the molecule is C[C@@]1(O)CCN(c2cncc(C(N)=O)n2)C[C@@H]1O. The molecule has 0 unspecified atom stereocenters. The van der Waals surface area contributed by atoms with Gasteiger partial charge in [-0.25, -0.2) is 4.98 Å². The van der Waals surface area contributed by atoms with Crippen LogP contribution in [0.4, 0.5) is 5.82 Å². The van der Waals surface area contributed by atoms with Crippen LogP contribution in [-0.4, -0.2) is 50.9 Å². The third kappa shape index (κ3) is 2.41. The highest BCUT2D eigenvalue weighted by Crippen LogP contribution is 2.24. The van der Waals surface area contributed by atoms with Crippen LogP contribution >= 0.6 is 0 Å². The fourth-order valence-electron chi connectivity index (χ4n) is 1.86. The molecule has 2 rings (SSSR count). The Hall–Kier alpha value is -1.73. The highest BCUT2D eigenvalue weighted by atomic mass is 16.3. The molecular weight excluding hydrogens is 236 g/mol. The van der Waals surface area contributed by atoms with Gasteiger partial charge >= 0.3 is 0 Å². The summed E-state index contributed by atoms with van der Waals surface area (Å²) in [6.07, 6.45) is 2.34. The maximum Gasteiger partial charge on any atom is 0.268 e. The van der Waals surface area contributed by atoms with E-state index in [1.54, 1.807) is 11.8 Å². The molecule has 1 fully saturated rings. The summed E-state index contributed by atoms with van der Waals surface area (Å²) in [4.78, 5) is 20.7. The summed E-state index contributed by atoms with van der Waals surface area (Å²) in [5.41, 5.74) is 4.12. The van der Waals surface area contributed by atoms with Crippen LogP contribution in [-0.2, 0) is 0 Å². The smallest absolute Gasteiger partial charge is 0.268 e. The number of rotatable bonds is 2. The molecule has 7 nitrogen and oxygen atoms in total. The third-order valence-electron chi connectivity index (χ3n) is 3.20. The molecule has 1 aromatic rings. The molecular formula is C11H16N4O3.